The summed E-state index contributed by atoms with van der Waals surface area (Å²) >= 11 is 0. The molecule has 1 aliphatic heterocycles. The third kappa shape index (κ3) is 2.71. The minimum absolute atomic E-state index is 0.0134. The summed E-state index contributed by atoms with van der Waals surface area (Å²) in [4.78, 5) is 14.0. The minimum Gasteiger partial charge on any atom is -0.354 e. The highest BCUT2D eigenvalue weighted by atomic mass is 32.2. The van der Waals surface area contributed by atoms with Gasteiger partial charge in [-0.15, -0.1) is 0 Å². The fourth-order valence-corrected chi connectivity index (χ4v) is 6.17. The molecule has 1 atom stereocenters. The second-order valence-electron chi connectivity index (χ2n) is 7.83. The van der Waals surface area contributed by atoms with Gasteiger partial charge in [-0.2, -0.15) is 9.57 Å². The van der Waals surface area contributed by atoms with Gasteiger partial charge in [0.2, 0.25) is 10.0 Å². The van der Waals surface area contributed by atoms with Gasteiger partial charge in [-0.25, -0.2) is 18.4 Å². The summed E-state index contributed by atoms with van der Waals surface area (Å²) in [5.41, 5.74) is 0.868. The van der Waals surface area contributed by atoms with Crippen molar-refractivity contribution in [2.45, 2.75) is 23.8 Å². The number of H-pyrrole nitrogens is 1. The molecule has 148 valence electrons. The molecule has 29 heavy (non-hydrogen) atoms. The minimum atomic E-state index is -3.75. The molecule has 3 heterocycles. The number of aromatic amines is 1. The first-order valence-corrected chi connectivity index (χ1v) is 10.9. The molecule has 9 heteroatoms. The third-order valence-corrected chi connectivity index (χ3v) is 8.10. The maximum atomic E-state index is 13.3. The summed E-state index contributed by atoms with van der Waals surface area (Å²) in [5, 5.41) is 10.3. The van der Waals surface area contributed by atoms with E-state index >= 15 is 0 Å². The van der Waals surface area contributed by atoms with Crippen molar-refractivity contribution >= 4 is 26.9 Å². The van der Waals surface area contributed by atoms with Gasteiger partial charge < -0.3 is 9.88 Å². The molecule has 3 aromatic rings. The number of hydrogen-bond acceptors (Lipinski definition) is 6. The number of hydrogen-bond donors (Lipinski definition) is 1. The van der Waals surface area contributed by atoms with E-state index in [0.717, 1.165) is 29.7 Å². The number of rotatable bonds is 4. The first kappa shape index (κ1) is 18.1. The summed E-state index contributed by atoms with van der Waals surface area (Å²) in [6, 6.07) is 10.3. The number of nitriles is 1. The van der Waals surface area contributed by atoms with Gasteiger partial charge in [0.1, 0.15) is 23.9 Å². The zero-order chi connectivity index (χ0) is 20.2. The fourth-order valence-electron chi connectivity index (χ4n) is 4.49. The number of likely N-dealkylation sites (N-methyl/N-ethyl adjacent to an activating group) is 1. The molecule has 2 fully saturated rings. The monoisotopic (exact) mass is 408 g/mol. The Bertz CT molecular complexity index is 1240. The highest BCUT2D eigenvalue weighted by molar-refractivity contribution is 7.89. The summed E-state index contributed by atoms with van der Waals surface area (Å²) in [6.07, 6.45) is 5.31. The Balaban J connectivity index is 1.50. The summed E-state index contributed by atoms with van der Waals surface area (Å²) in [5.74, 6) is 0.796. The predicted octanol–water partition coefficient (Wildman–Crippen LogP) is 2.12. The quantitative estimate of drug-likeness (QED) is 0.709. The Kier molecular flexibility index (Phi) is 3.91. The van der Waals surface area contributed by atoms with Crippen LogP contribution in [0.15, 0.2) is 47.8 Å². The molecule has 0 bridgehead atoms. The first-order chi connectivity index (χ1) is 14.0. The number of fused-ring (bicyclic) bond motifs is 1. The second-order valence-corrected chi connectivity index (χ2v) is 9.74. The molecule has 5 rings (SSSR count). The number of aromatic nitrogens is 3. The lowest BCUT2D eigenvalue weighted by Crippen LogP contribution is -2.40. The van der Waals surface area contributed by atoms with Crippen molar-refractivity contribution in [3.8, 4) is 6.07 Å². The highest BCUT2D eigenvalue weighted by Gasteiger charge is 2.59. The van der Waals surface area contributed by atoms with Crippen LogP contribution < -0.4 is 4.90 Å². The lowest BCUT2D eigenvalue weighted by Gasteiger charge is -2.30. The Labute approximate surface area is 168 Å². The average Bonchev–Trinajstić information content (AvgIpc) is 3.16. The molecule has 1 spiro atoms. The maximum Gasteiger partial charge on any atom is 0.244 e. The normalized spacial score (nSPS) is 20.8. The summed E-state index contributed by atoms with van der Waals surface area (Å²) in [6.45, 7) is 0.833. The number of anilines is 1. The van der Waals surface area contributed by atoms with Crippen molar-refractivity contribution in [1.29, 1.82) is 5.26 Å². The topological polar surface area (TPSA) is 106 Å². The molecule has 1 N–H and O–H groups in total. The van der Waals surface area contributed by atoms with Gasteiger partial charge in [0.15, 0.2) is 0 Å². The van der Waals surface area contributed by atoms with Crippen LogP contribution >= 0.6 is 0 Å². The Morgan fingerprint density at radius 3 is 2.83 bits per heavy atom. The standard InChI is InChI=1S/C20H20N6O2S/c1-25(19-15-6-9-22-18(15)23-13-24-19)17-11-26(12-20(17)7-8-20)29(27,28)16-5-3-2-4-14(16)10-21/h2-6,9,13,17H,7-8,11-12H2,1H3,(H,22,23,24)/t17-/m0/s1. The summed E-state index contributed by atoms with van der Waals surface area (Å²) in [7, 11) is -1.78. The molecule has 1 aliphatic carbocycles. The number of sulfonamides is 1. The van der Waals surface area contributed by atoms with E-state index in [1.54, 1.807) is 18.2 Å². The number of nitrogens with one attached hydrogen (secondary N) is 1. The van der Waals surface area contributed by atoms with Gasteiger partial charge in [0.25, 0.3) is 0 Å². The Morgan fingerprint density at radius 1 is 1.28 bits per heavy atom. The van der Waals surface area contributed by atoms with Crippen molar-refractivity contribution in [3.05, 3.63) is 48.4 Å². The second kappa shape index (κ2) is 6.27. The van der Waals surface area contributed by atoms with Gasteiger partial charge in [0.05, 0.1) is 21.9 Å². The SMILES string of the molecule is CN(c1ncnc2[nH]ccc12)[C@H]1CN(S(=O)(=O)c2ccccc2C#N)CC12CC2. The van der Waals surface area contributed by atoms with Gasteiger partial charge in [-0.05, 0) is 31.0 Å². The molecule has 1 saturated carbocycles. The average molecular weight is 408 g/mol. The van der Waals surface area contributed by atoms with Crippen molar-refractivity contribution in [3.63, 3.8) is 0 Å². The van der Waals surface area contributed by atoms with E-state index in [-0.39, 0.29) is 21.9 Å². The van der Waals surface area contributed by atoms with Crippen molar-refractivity contribution in [2.75, 3.05) is 25.0 Å². The molecule has 0 amide bonds. The smallest absolute Gasteiger partial charge is 0.244 e. The van der Waals surface area contributed by atoms with Crippen LogP contribution in [0, 0.1) is 16.7 Å². The fraction of sp³-hybridized carbons (Fsp3) is 0.350. The van der Waals surface area contributed by atoms with E-state index < -0.39 is 10.0 Å². The van der Waals surface area contributed by atoms with Crippen LogP contribution in [0.3, 0.4) is 0 Å². The van der Waals surface area contributed by atoms with Crippen LogP contribution in [-0.4, -0.2) is 53.9 Å². The molecule has 0 unspecified atom stereocenters. The van der Waals surface area contributed by atoms with Gasteiger partial charge >= 0.3 is 0 Å². The van der Waals surface area contributed by atoms with E-state index in [1.165, 1.54) is 16.7 Å². The van der Waals surface area contributed by atoms with Crippen LogP contribution in [-0.2, 0) is 10.0 Å². The molecule has 1 saturated heterocycles. The zero-order valence-corrected chi connectivity index (χ0v) is 16.7. The van der Waals surface area contributed by atoms with Gasteiger partial charge in [-0.3, -0.25) is 0 Å². The van der Waals surface area contributed by atoms with Gasteiger partial charge in [0, 0.05) is 31.7 Å². The van der Waals surface area contributed by atoms with Crippen LogP contribution in [0.25, 0.3) is 11.0 Å². The van der Waals surface area contributed by atoms with Crippen LogP contribution in [0.5, 0.6) is 0 Å². The largest absolute Gasteiger partial charge is 0.354 e. The molecule has 2 aromatic heterocycles. The van der Waals surface area contributed by atoms with Crippen LogP contribution in [0.4, 0.5) is 5.82 Å². The first-order valence-electron chi connectivity index (χ1n) is 9.46. The molecule has 2 aliphatic rings. The van der Waals surface area contributed by atoms with Crippen LogP contribution in [0.1, 0.15) is 18.4 Å². The Morgan fingerprint density at radius 2 is 2.07 bits per heavy atom. The van der Waals surface area contributed by atoms with Crippen LogP contribution in [0.2, 0.25) is 0 Å². The highest BCUT2D eigenvalue weighted by Crippen LogP contribution is 2.55. The summed E-state index contributed by atoms with van der Waals surface area (Å²) < 4.78 is 28.2. The van der Waals surface area contributed by atoms with Crippen molar-refractivity contribution in [2.24, 2.45) is 5.41 Å². The van der Waals surface area contributed by atoms with E-state index in [2.05, 4.69) is 19.9 Å². The lowest BCUT2D eigenvalue weighted by atomic mass is 9.99. The lowest BCUT2D eigenvalue weighted by molar-refractivity contribution is 0.446. The number of benzene rings is 1. The van der Waals surface area contributed by atoms with Crippen molar-refractivity contribution < 1.29 is 8.42 Å². The van der Waals surface area contributed by atoms with Crippen molar-refractivity contribution in [1.82, 2.24) is 19.3 Å². The van der Waals surface area contributed by atoms with E-state index in [4.69, 9.17) is 0 Å². The molecule has 1 aromatic carbocycles. The van der Waals surface area contributed by atoms with Gasteiger partial charge in [-0.1, -0.05) is 12.1 Å². The molecular weight excluding hydrogens is 388 g/mol. The number of nitrogens with zero attached hydrogens (tertiary/aromatic N) is 5. The molecular formula is C20H20N6O2S. The molecule has 0 radical (unpaired) electrons. The third-order valence-electron chi connectivity index (χ3n) is 6.23. The predicted molar refractivity (Wildman–Crippen MR) is 108 cm³/mol. The Hall–Kier alpha value is -2.96. The maximum absolute atomic E-state index is 13.3. The van der Waals surface area contributed by atoms with E-state index in [0.29, 0.717) is 13.1 Å². The zero-order valence-electron chi connectivity index (χ0n) is 15.9. The van der Waals surface area contributed by atoms with E-state index in [1.807, 2.05) is 25.4 Å². The molecule has 8 nitrogen and oxygen atoms in total. The van der Waals surface area contributed by atoms with E-state index in [9.17, 15) is 13.7 Å².